The van der Waals surface area contributed by atoms with E-state index in [0.717, 1.165) is 16.4 Å². The van der Waals surface area contributed by atoms with Gasteiger partial charge < -0.3 is 14.8 Å². The summed E-state index contributed by atoms with van der Waals surface area (Å²) >= 11 is 1.65. The lowest BCUT2D eigenvalue weighted by Gasteiger charge is -2.10. The fourth-order valence-corrected chi connectivity index (χ4v) is 2.25. The predicted molar refractivity (Wildman–Crippen MR) is 61.2 cm³/mol. The number of thioether (sulfide) groups is 1. The molecule has 0 amide bonds. The lowest BCUT2D eigenvalue weighted by atomic mass is 10.4. The predicted octanol–water partition coefficient (Wildman–Crippen LogP) is 1.79. The van der Waals surface area contributed by atoms with Gasteiger partial charge in [-0.1, -0.05) is 0 Å². The van der Waals surface area contributed by atoms with Crippen molar-refractivity contribution in [3.63, 3.8) is 0 Å². The summed E-state index contributed by atoms with van der Waals surface area (Å²) in [6, 6.07) is 2.61. The second-order valence-electron chi connectivity index (χ2n) is 3.99. The van der Waals surface area contributed by atoms with Crippen LogP contribution in [0.15, 0.2) is 21.6 Å². The maximum absolute atomic E-state index is 9.70. The Kier molecular flexibility index (Phi) is 3.72. The first kappa shape index (κ1) is 11.0. The van der Waals surface area contributed by atoms with Gasteiger partial charge in [-0.2, -0.15) is 0 Å². The van der Waals surface area contributed by atoms with Crippen LogP contribution in [0.4, 0.5) is 0 Å². The first-order valence-electron chi connectivity index (χ1n) is 5.34. The van der Waals surface area contributed by atoms with Crippen LogP contribution in [0.1, 0.15) is 18.6 Å². The Morgan fingerprint density at radius 3 is 3.07 bits per heavy atom. The third-order valence-electron chi connectivity index (χ3n) is 2.46. The minimum Gasteiger partial charge on any atom is -0.468 e. The molecule has 0 radical (unpaired) electrons. The molecule has 1 fully saturated rings. The van der Waals surface area contributed by atoms with Crippen LogP contribution in [0.2, 0.25) is 0 Å². The second-order valence-corrected chi connectivity index (χ2v) is 5.05. The van der Waals surface area contributed by atoms with Gasteiger partial charge in [-0.3, -0.25) is 0 Å². The van der Waals surface area contributed by atoms with Crippen molar-refractivity contribution in [3.8, 4) is 0 Å². The van der Waals surface area contributed by atoms with Gasteiger partial charge >= 0.3 is 0 Å². The van der Waals surface area contributed by atoms with Gasteiger partial charge in [0.25, 0.3) is 0 Å². The molecule has 0 aliphatic heterocycles. The quantitative estimate of drug-likeness (QED) is 0.727. The summed E-state index contributed by atoms with van der Waals surface area (Å²) in [5.41, 5.74) is 0. The molecule has 1 heterocycles. The highest BCUT2D eigenvalue weighted by molar-refractivity contribution is 7.99. The summed E-state index contributed by atoms with van der Waals surface area (Å²) in [6.45, 7) is 2.64. The largest absolute Gasteiger partial charge is 0.468 e. The van der Waals surface area contributed by atoms with Crippen molar-refractivity contribution in [3.05, 3.63) is 18.1 Å². The lowest BCUT2D eigenvalue weighted by molar-refractivity contribution is 0.195. The number of furan rings is 1. The van der Waals surface area contributed by atoms with Crippen molar-refractivity contribution in [1.82, 2.24) is 5.32 Å². The Bertz CT molecular complexity index is 309. The van der Waals surface area contributed by atoms with E-state index < -0.39 is 0 Å². The molecule has 1 aliphatic rings. The van der Waals surface area contributed by atoms with Gasteiger partial charge in [0, 0.05) is 23.2 Å². The average Bonchev–Trinajstić information content (AvgIpc) is 2.96. The number of hydrogen-bond donors (Lipinski definition) is 2. The molecule has 15 heavy (non-hydrogen) atoms. The molecule has 2 N–H and O–H groups in total. The number of rotatable bonds is 6. The molecule has 1 aromatic heterocycles. The summed E-state index contributed by atoms with van der Waals surface area (Å²) in [7, 11) is 0. The molecule has 0 spiro atoms. The van der Waals surface area contributed by atoms with Gasteiger partial charge in [0.2, 0.25) is 0 Å². The van der Waals surface area contributed by atoms with Gasteiger partial charge in [-0.05, 0) is 25.8 Å². The van der Waals surface area contributed by atoms with E-state index in [1.165, 1.54) is 12.8 Å². The van der Waals surface area contributed by atoms with E-state index in [0.29, 0.717) is 12.6 Å². The van der Waals surface area contributed by atoms with Gasteiger partial charge in [0.15, 0.2) is 0 Å². The first-order valence-corrected chi connectivity index (χ1v) is 6.32. The molecule has 0 saturated heterocycles. The van der Waals surface area contributed by atoms with Crippen LogP contribution in [0.25, 0.3) is 0 Å². The van der Waals surface area contributed by atoms with E-state index in [4.69, 9.17) is 4.42 Å². The molecule has 4 heteroatoms. The molecular weight excluding hydrogens is 210 g/mol. The highest BCUT2D eigenvalue weighted by Crippen LogP contribution is 2.24. The summed E-state index contributed by atoms with van der Waals surface area (Å²) in [5.74, 6) is 1.66. The van der Waals surface area contributed by atoms with E-state index in [1.807, 2.05) is 13.0 Å². The molecule has 2 rings (SSSR count). The van der Waals surface area contributed by atoms with Gasteiger partial charge in [-0.15, -0.1) is 11.8 Å². The molecule has 84 valence electrons. The van der Waals surface area contributed by atoms with E-state index >= 15 is 0 Å². The SMILES string of the molecule is Cc1occc1SCC(O)CNC1CC1. The molecule has 1 aromatic rings. The molecule has 3 nitrogen and oxygen atoms in total. The van der Waals surface area contributed by atoms with Crippen molar-refractivity contribution >= 4 is 11.8 Å². The molecule has 1 saturated carbocycles. The molecule has 1 unspecified atom stereocenters. The van der Waals surface area contributed by atoms with E-state index in [9.17, 15) is 5.11 Å². The third-order valence-corrected chi connectivity index (χ3v) is 3.75. The zero-order chi connectivity index (χ0) is 10.7. The average molecular weight is 227 g/mol. The van der Waals surface area contributed by atoms with Crippen LogP contribution in [0.5, 0.6) is 0 Å². The minimum absolute atomic E-state index is 0.273. The summed E-state index contributed by atoms with van der Waals surface area (Å²) in [4.78, 5) is 1.13. The van der Waals surface area contributed by atoms with Crippen LogP contribution in [0, 0.1) is 6.92 Å². The van der Waals surface area contributed by atoms with Crippen LogP contribution < -0.4 is 5.32 Å². The van der Waals surface area contributed by atoms with Crippen molar-refractivity contribution in [2.24, 2.45) is 0 Å². The van der Waals surface area contributed by atoms with Crippen LogP contribution in [-0.4, -0.2) is 29.5 Å². The van der Waals surface area contributed by atoms with E-state index in [2.05, 4.69) is 5.32 Å². The zero-order valence-electron chi connectivity index (χ0n) is 8.90. The maximum atomic E-state index is 9.70. The normalized spacial score (nSPS) is 18.0. The van der Waals surface area contributed by atoms with E-state index in [-0.39, 0.29) is 6.10 Å². The topological polar surface area (TPSA) is 45.4 Å². The lowest BCUT2D eigenvalue weighted by Crippen LogP contribution is -2.29. The molecule has 0 bridgehead atoms. The molecule has 0 aromatic carbocycles. The van der Waals surface area contributed by atoms with Crippen LogP contribution in [0.3, 0.4) is 0 Å². The Hall–Kier alpha value is -0.450. The number of aliphatic hydroxyl groups is 1. The molecule has 1 atom stereocenters. The van der Waals surface area contributed by atoms with Crippen molar-refractivity contribution < 1.29 is 9.52 Å². The Balaban J connectivity index is 1.65. The van der Waals surface area contributed by atoms with Crippen LogP contribution >= 0.6 is 11.8 Å². The van der Waals surface area contributed by atoms with Gasteiger partial charge in [0.1, 0.15) is 5.76 Å². The summed E-state index contributed by atoms with van der Waals surface area (Å²) in [6.07, 6.45) is 3.94. The van der Waals surface area contributed by atoms with Crippen molar-refractivity contribution in [1.29, 1.82) is 0 Å². The Morgan fingerprint density at radius 2 is 2.47 bits per heavy atom. The number of aliphatic hydroxyl groups excluding tert-OH is 1. The van der Waals surface area contributed by atoms with Gasteiger partial charge in [0.05, 0.1) is 12.4 Å². The fraction of sp³-hybridized carbons (Fsp3) is 0.636. The zero-order valence-corrected chi connectivity index (χ0v) is 9.72. The number of nitrogens with one attached hydrogen (secondary N) is 1. The van der Waals surface area contributed by atoms with Gasteiger partial charge in [-0.25, -0.2) is 0 Å². The maximum Gasteiger partial charge on any atom is 0.114 e. The third kappa shape index (κ3) is 3.55. The smallest absolute Gasteiger partial charge is 0.114 e. The summed E-state index contributed by atoms with van der Waals surface area (Å²) < 4.78 is 5.19. The second kappa shape index (κ2) is 5.05. The standard InChI is InChI=1S/C11H17NO2S/c1-8-11(4-5-14-8)15-7-10(13)6-12-9-2-3-9/h4-5,9-10,12-13H,2-3,6-7H2,1H3. The Morgan fingerprint density at radius 1 is 1.67 bits per heavy atom. The van der Waals surface area contributed by atoms with E-state index in [1.54, 1.807) is 18.0 Å². The fourth-order valence-electron chi connectivity index (χ4n) is 1.36. The monoisotopic (exact) mass is 227 g/mol. The Labute approximate surface area is 94.2 Å². The minimum atomic E-state index is -0.273. The number of aryl methyl sites for hydroxylation is 1. The number of hydrogen-bond acceptors (Lipinski definition) is 4. The van der Waals surface area contributed by atoms with Crippen molar-refractivity contribution in [2.75, 3.05) is 12.3 Å². The first-order chi connectivity index (χ1) is 7.25. The molecule has 1 aliphatic carbocycles. The summed E-state index contributed by atoms with van der Waals surface area (Å²) in [5, 5.41) is 13.0. The highest BCUT2D eigenvalue weighted by atomic mass is 32.2. The molecular formula is C11H17NO2S. The van der Waals surface area contributed by atoms with Crippen LogP contribution in [-0.2, 0) is 0 Å². The highest BCUT2D eigenvalue weighted by Gasteiger charge is 2.21. The van der Waals surface area contributed by atoms with Crippen molar-refractivity contribution in [2.45, 2.75) is 36.8 Å².